The molecule has 0 aromatic heterocycles. The van der Waals surface area contributed by atoms with E-state index in [4.69, 9.17) is 11.6 Å². The molecule has 2 amide bonds. The van der Waals surface area contributed by atoms with Crippen LogP contribution in [-0.2, 0) is 0 Å². The SMILES string of the molecule is Cl.O=C1NC2(CCNCC2)NN1c1cccc(Cl)c1. The van der Waals surface area contributed by atoms with E-state index < -0.39 is 0 Å². The Morgan fingerprint density at radius 3 is 2.68 bits per heavy atom. The number of rotatable bonds is 1. The molecular formula is C12H16Cl2N4O. The van der Waals surface area contributed by atoms with Gasteiger partial charge in [-0.15, -0.1) is 12.4 Å². The minimum Gasteiger partial charge on any atom is -0.317 e. The van der Waals surface area contributed by atoms with Gasteiger partial charge in [-0.2, -0.15) is 0 Å². The molecule has 19 heavy (non-hydrogen) atoms. The van der Waals surface area contributed by atoms with Crippen LogP contribution in [0.2, 0.25) is 5.02 Å². The molecule has 7 heteroatoms. The van der Waals surface area contributed by atoms with Crippen LogP contribution in [0.15, 0.2) is 24.3 Å². The predicted molar refractivity (Wildman–Crippen MR) is 77.7 cm³/mol. The van der Waals surface area contributed by atoms with Crippen LogP contribution in [0.5, 0.6) is 0 Å². The number of amides is 2. The average molecular weight is 303 g/mol. The molecule has 2 aliphatic rings. The molecule has 5 nitrogen and oxygen atoms in total. The standard InChI is InChI=1S/C12H15ClN4O.ClH/c13-9-2-1-3-10(8-9)17-11(18)15-12(16-17)4-6-14-7-5-12;/h1-3,8,14,16H,4-7H2,(H,15,18);1H. The van der Waals surface area contributed by atoms with Crippen molar-refractivity contribution < 1.29 is 4.79 Å². The van der Waals surface area contributed by atoms with E-state index in [-0.39, 0.29) is 24.1 Å². The number of piperidine rings is 1. The second-order valence-corrected chi connectivity index (χ2v) is 5.13. The zero-order chi connectivity index (χ0) is 12.6. The number of halogens is 2. The number of nitrogens with one attached hydrogen (secondary N) is 3. The van der Waals surface area contributed by atoms with E-state index >= 15 is 0 Å². The molecule has 104 valence electrons. The van der Waals surface area contributed by atoms with Crippen LogP contribution >= 0.6 is 24.0 Å². The molecule has 0 atom stereocenters. The molecule has 2 aliphatic heterocycles. The van der Waals surface area contributed by atoms with Gasteiger partial charge in [-0.25, -0.2) is 15.2 Å². The lowest BCUT2D eigenvalue weighted by molar-refractivity contribution is 0.229. The number of nitrogens with zero attached hydrogens (tertiary/aromatic N) is 1. The summed E-state index contributed by atoms with van der Waals surface area (Å²) in [7, 11) is 0. The Morgan fingerprint density at radius 2 is 2.00 bits per heavy atom. The van der Waals surface area contributed by atoms with Crippen LogP contribution in [0, 0.1) is 0 Å². The number of hydrazine groups is 1. The molecule has 2 saturated heterocycles. The summed E-state index contributed by atoms with van der Waals surface area (Å²) in [6.07, 6.45) is 1.74. The van der Waals surface area contributed by atoms with E-state index in [9.17, 15) is 4.79 Å². The van der Waals surface area contributed by atoms with Gasteiger partial charge in [-0.05, 0) is 44.1 Å². The van der Waals surface area contributed by atoms with E-state index in [1.165, 1.54) is 5.01 Å². The second-order valence-electron chi connectivity index (χ2n) is 4.69. The van der Waals surface area contributed by atoms with Crippen molar-refractivity contribution in [1.29, 1.82) is 0 Å². The Labute approximate surface area is 123 Å². The average Bonchev–Trinajstić information content (AvgIpc) is 2.67. The van der Waals surface area contributed by atoms with Crippen molar-refractivity contribution >= 4 is 35.7 Å². The molecular weight excluding hydrogens is 287 g/mol. The lowest BCUT2D eigenvalue weighted by Crippen LogP contribution is -2.57. The molecule has 2 heterocycles. The molecule has 0 saturated carbocycles. The summed E-state index contributed by atoms with van der Waals surface area (Å²) < 4.78 is 0. The Kier molecular flexibility index (Phi) is 4.20. The molecule has 0 radical (unpaired) electrons. The van der Waals surface area contributed by atoms with Gasteiger partial charge in [0.1, 0.15) is 5.66 Å². The van der Waals surface area contributed by atoms with Crippen molar-refractivity contribution in [2.45, 2.75) is 18.5 Å². The quantitative estimate of drug-likeness (QED) is 0.742. The Hall–Kier alpha value is -1.01. The first kappa shape index (κ1) is 14.4. The highest BCUT2D eigenvalue weighted by Gasteiger charge is 2.43. The van der Waals surface area contributed by atoms with Crippen molar-refractivity contribution in [2.24, 2.45) is 0 Å². The van der Waals surface area contributed by atoms with Gasteiger partial charge in [-0.3, -0.25) is 0 Å². The number of anilines is 1. The van der Waals surface area contributed by atoms with Crippen molar-refractivity contribution in [3.05, 3.63) is 29.3 Å². The van der Waals surface area contributed by atoms with Crippen LogP contribution in [0.3, 0.4) is 0 Å². The zero-order valence-corrected chi connectivity index (χ0v) is 11.9. The highest BCUT2D eigenvalue weighted by Crippen LogP contribution is 2.26. The highest BCUT2D eigenvalue weighted by atomic mass is 35.5. The van der Waals surface area contributed by atoms with E-state index in [0.717, 1.165) is 31.6 Å². The third-order valence-electron chi connectivity index (χ3n) is 3.40. The van der Waals surface area contributed by atoms with Gasteiger partial charge in [0.15, 0.2) is 0 Å². The molecule has 1 aromatic carbocycles. The topological polar surface area (TPSA) is 56.4 Å². The number of benzene rings is 1. The molecule has 2 fully saturated rings. The van der Waals surface area contributed by atoms with Gasteiger partial charge in [-0.1, -0.05) is 17.7 Å². The predicted octanol–water partition coefficient (Wildman–Crippen LogP) is 1.88. The monoisotopic (exact) mass is 302 g/mol. The molecule has 0 bridgehead atoms. The lowest BCUT2D eigenvalue weighted by atomic mass is 10.00. The highest BCUT2D eigenvalue weighted by molar-refractivity contribution is 6.30. The maximum Gasteiger partial charge on any atom is 0.338 e. The van der Waals surface area contributed by atoms with Crippen molar-refractivity contribution in [2.75, 3.05) is 18.1 Å². The first-order valence-corrected chi connectivity index (χ1v) is 6.43. The van der Waals surface area contributed by atoms with Gasteiger partial charge in [0.2, 0.25) is 0 Å². The van der Waals surface area contributed by atoms with E-state index in [1.807, 2.05) is 12.1 Å². The third kappa shape index (κ3) is 2.79. The van der Waals surface area contributed by atoms with Crippen LogP contribution in [0.4, 0.5) is 10.5 Å². The number of carbonyl (C=O) groups is 1. The lowest BCUT2D eigenvalue weighted by Gasteiger charge is -2.33. The number of hydrogen-bond acceptors (Lipinski definition) is 3. The summed E-state index contributed by atoms with van der Waals surface area (Å²) in [6, 6.07) is 7.13. The van der Waals surface area contributed by atoms with Gasteiger partial charge < -0.3 is 10.6 Å². The normalized spacial score (nSPS) is 21.1. The van der Waals surface area contributed by atoms with Gasteiger partial charge in [0.05, 0.1) is 5.69 Å². The molecule has 0 unspecified atom stereocenters. The first-order chi connectivity index (χ1) is 8.69. The van der Waals surface area contributed by atoms with Crippen LogP contribution in [0.25, 0.3) is 0 Å². The van der Waals surface area contributed by atoms with Crippen LogP contribution < -0.4 is 21.1 Å². The smallest absolute Gasteiger partial charge is 0.317 e. The Bertz CT molecular complexity index is 477. The summed E-state index contributed by atoms with van der Waals surface area (Å²) in [5.74, 6) is 0. The molecule has 3 N–H and O–H groups in total. The molecule has 1 spiro atoms. The van der Waals surface area contributed by atoms with Crippen molar-refractivity contribution in [3.63, 3.8) is 0 Å². The maximum absolute atomic E-state index is 12.0. The fourth-order valence-corrected chi connectivity index (χ4v) is 2.63. The third-order valence-corrected chi connectivity index (χ3v) is 3.63. The summed E-state index contributed by atoms with van der Waals surface area (Å²) in [6.45, 7) is 1.80. The fraction of sp³-hybridized carbons (Fsp3) is 0.417. The van der Waals surface area contributed by atoms with E-state index in [2.05, 4.69) is 16.1 Å². The number of urea groups is 1. The summed E-state index contributed by atoms with van der Waals surface area (Å²) in [5.41, 5.74) is 3.72. The largest absolute Gasteiger partial charge is 0.338 e. The number of carbonyl (C=O) groups excluding carboxylic acids is 1. The first-order valence-electron chi connectivity index (χ1n) is 6.05. The summed E-state index contributed by atoms with van der Waals surface area (Å²) in [4.78, 5) is 12.0. The molecule has 3 rings (SSSR count). The van der Waals surface area contributed by atoms with Crippen LogP contribution in [-0.4, -0.2) is 24.8 Å². The minimum absolute atomic E-state index is 0. The van der Waals surface area contributed by atoms with E-state index in [1.54, 1.807) is 12.1 Å². The summed E-state index contributed by atoms with van der Waals surface area (Å²) >= 11 is 5.95. The van der Waals surface area contributed by atoms with Gasteiger partial charge in [0, 0.05) is 5.02 Å². The second kappa shape index (κ2) is 5.54. The minimum atomic E-state index is -0.315. The van der Waals surface area contributed by atoms with Crippen LogP contribution in [0.1, 0.15) is 12.8 Å². The van der Waals surface area contributed by atoms with E-state index in [0.29, 0.717) is 5.02 Å². The van der Waals surface area contributed by atoms with Crippen molar-refractivity contribution in [1.82, 2.24) is 16.1 Å². The van der Waals surface area contributed by atoms with Gasteiger partial charge in [0.25, 0.3) is 0 Å². The van der Waals surface area contributed by atoms with Gasteiger partial charge >= 0.3 is 6.03 Å². The summed E-state index contributed by atoms with van der Waals surface area (Å²) in [5, 5.41) is 8.47. The van der Waals surface area contributed by atoms with Crippen molar-refractivity contribution in [3.8, 4) is 0 Å². The Balaban J connectivity index is 0.00000133. The Morgan fingerprint density at radius 1 is 1.26 bits per heavy atom. The molecule has 0 aliphatic carbocycles. The zero-order valence-electron chi connectivity index (χ0n) is 10.3. The fourth-order valence-electron chi connectivity index (χ4n) is 2.44. The number of hydrogen-bond donors (Lipinski definition) is 3. The maximum atomic E-state index is 12.0. The molecule has 1 aromatic rings.